The highest BCUT2D eigenvalue weighted by molar-refractivity contribution is 9.10. The second-order valence-electron chi connectivity index (χ2n) is 4.27. The van der Waals surface area contributed by atoms with Crippen molar-refractivity contribution < 1.29 is 13.9 Å². The summed E-state index contributed by atoms with van der Waals surface area (Å²) >= 11 is 3.00. The third-order valence-corrected chi connectivity index (χ3v) is 3.34. The van der Waals surface area contributed by atoms with Gasteiger partial charge in [0.2, 0.25) is 0 Å². The lowest BCUT2D eigenvalue weighted by Gasteiger charge is -2.14. The molecular formula is C14H12BrF2NO. The van der Waals surface area contributed by atoms with Crippen LogP contribution in [0, 0.1) is 18.6 Å². The molecule has 2 rings (SSSR count). The first-order valence-corrected chi connectivity index (χ1v) is 6.51. The van der Waals surface area contributed by atoms with E-state index >= 15 is 0 Å². The Labute approximate surface area is 118 Å². The Morgan fingerprint density at radius 3 is 2.53 bits per heavy atom. The summed E-state index contributed by atoms with van der Waals surface area (Å²) in [6.07, 6.45) is 0.396. The molecule has 5 heteroatoms. The lowest BCUT2D eigenvalue weighted by molar-refractivity contribution is 0.167. The minimum atomic E-state index is -1.26. The number of aromatic nitrogens is 1. The lowest BCUT2D eigenvalue weighted by Crippen LogP contribution is -2.09. The Kier molecular flexibility index (Phi) is 4.27. The van der Waals surface area contributed by atoms with Gasteiger partial charge in [0.25, 0.3) is 0 Å². The van der Waals surface area contributed by atoms with Crippen molar-refractivity contribution in [1.82, 2.24) is 4.98 Å². The molecule has 1 aromatic carbocycles. The molecule has 0 aliphatic carbocycles. The van der Waals surface area contributed by atoms with Crippen LogP contribution in [0.5, 0.6) is 0 Å². The molecule has 0 radical (unpaired) electrons. The summed E-state index contributed by atoms with van der Waals surface area (Å²) in [4.78, 5) is 4.11. The zero-order chi connectivity index (χ0) is 14.0. The first kappa shape index (κ1) is 14.1. The van der Waals surface area contributed by atoms with Crippen molar-refractivity contribution in [3.05, 3.63) is 63.4 Å². The fourth-order valence-electron chi connectivity index (χ4n) is 1.89. The molecular weight excluding hydrogens is 316 g/mol. The molecule has 0 spiro atoms. The molecule has 1 unspecified atom stereocenters. The van der Waals surface area contributed by atoms with Crippen molar-refractivity contribution in [1.29, 1.82) is 0 Å². The first-order chi connectivity index (χ1) is 8.99. The number of aliphatic hydroxyl groups excluding tert-OH is 1. The summed E-state index contributed by atoms with van der Waals surface area (Å²) in [5.74, 6) is -1.54. The van der Waals surface area contributed by atoms with Crippen molar-refractivity contribution in [2.24, 2.45) is 0 Å². The van der Waals surface area contributed by atoms with Gasteiger partial charge in [-0.2, -0.15) is 0 Å². The number of hydrogen-bond acceptors (Lipinski definition) is 2. The van der Waals surface area contributed by atoms with Crippen LogP contribution < -0.4 is 0 Å². The zero-order valence-corrected chi connectivity index (χ0v) is 11.8. The van der Waals surface area contributed by atoms with Crippen LogP contribution in [-0.4, -0.2) is 10.1 Å². The molecule has 0 aliphatic heterocycles. The van der Waals surface area contributed by atoms with Crippen molar-refractivity contribution in [2.75, 3.05) is 0 Å². The summed E-state index contributed by atoms with van der Waals surface area (Å²) in [5.41, 5.74) is 1.17. The summed E-state index contributed by atoms with van der Waals surface area (Å²) in [7, 11) is 0. The Balaban J connectivity index is 2.31. The number of hydrogen-bond donors (Lipinski definition) is 1. The molecule has 2 aromatic rings. The molecule has 1 N–H and O–H groups in total. The Morgan fingerprint density at radius 2 is 1.95 bits per heavy atom. The molecule has 1 aromatic heterocycles. The predicted molar refractivity (Wildman–Crippen MR) is 71.7 cm³/mol. The number of benzene rings is 1. The zero-order valence-electron chi connectivity index (χ0n) is 10.2. The minimum Gasteiger partial charge on any atom is -0.388 e. The average molecular weight is 328 g/mol. The molecule has 1 atom stereocenters. The summed E-state index contributed by atoms with van der Waals surface area (Å²) in [6, 6.07) is 5.87. The average Bonchev–Trinajstić information content (AvgIpc) is 2.30. The van der Waals surface area contributed by atoms with E-state index in [1.165, 1.54) is 0 Å². The van der Waals surface area contributed by atoms with E-state index in [1.54, 1.807) is 12.3 Å². The largest absolute Gasteiger partial charge is 0.388 e. The Bertz CT molecular complexity index is 581. The molecule has 0 saturated carbocycles. The van der Waals surface area contributed by atoms with Crippen LogP contribution in [0.15, 0.2) is 34.9 Å². The van der Waals surface area contributed by atoms with E-state index in [9.17, 15) is 13.9 Å². The standard InChI is InChI=1S/C14H12BrF2NO/c1-8-3-2-4-18-12(8)7-13(19)14-10(16)5-9(15)6-11(14)17/h2-6,13,19H,7H2,1H3. The second-order valence-corrected chi connectivity index (χ2v) is 5.19. The maximum atomic E-state index is 13.7. The highest BCUT2D eigenvalue weighted by atomic mass is 79.9. The van der Waals surface area contributed by atoms with Crippen LogP contribution in [0.2, 0.25) is 0 Å². The summed E-state index contributed by atoms with van der Waals surface area (Å²) < 4.78 is 27.7. The fourth-order valence-corrected chi connectivity index (χ4v) is 2.29. The van der Waals surface area contributed by atoms with Gasteiger partial charge in [0.1, 0.15) is 11.6 Å². The number of rotatable bonds is 3. The van der Waals surface area contributed by atoms with Gasteiger partial charge in [0.05, 0.1) is 11.7 Å². The van der Waals surface area contributed by atoms with Gasteiger partial charge in [-0.1, -0.05) is 22.0 Å². The number of nitrogens with zero attached hydrogens (tertiary/aromatic N) is 1. The van der Waals surface area contributed by atoms with Crippen LogP contribution in [0.4, 0.5) is 8.78 Å². The van der Waals surface area contributed by atoms with Gasteiger partial charge in [-0.3, -0.25) is 4.98 Å². The summed E-state index contributed by atoms with van der Waals surface area (Å²) in [5, 5.41) is 10.0. The van der Waals surface area contributed by atoms with E-state index in [4.69, 9.17) is 0 Å². The molecule has 0 bridgehead atoms. The fraction of sp³-hybridized carbons (Fsp3) is 0.214. The second kappa shape index (κ2) is 5.75. The number of pyridine rings is 1. The highest BCUT2D eigenvalue weighted by Crippen LogP contribution is 2.27. The minimum absolute atomic E-state index is 0.0716. The highest BCUT2D eigenvalue weighted by Gasteiger charge is 2.20. The van der Waals surface area contributed by atoms with Crippen molar-refractivity contribution in [3.63, 3.8) is 0 Å². The molecule has 2 nitrogen and oxygen atoms in total. The monoisotopic (exact) mass is 327 g/mol. The van der Waals surface area contributed by atoms with Crippen LogP contribution in [0.25, 0.3) is 0 Å². The van der Waals surface area contributed by atoms with E-state index < -0.39 is 17.7 Å². The summed E-state index contributed by atoms with van der Waals surface area (Å²) in [6.45, 7) is 1.84. The van der Waals surface area contributed by atoms with E-state index in [-0.39, 0.29) is 12.0 Å². The maximum Gasteiger partial charge on any atom is 0.133 e. The number of halogens is 3. The Hall–Kier alpha value is -1.33. The van der Waals surface area contributed by atoms with Crippen LogP contribution in [0.1, 0.15) is 22.9 Å². The van der Waals surface area contributed by atoms with Gasteiger partial charge >= 0.3 is 0 Å². The van der Waals surface area contributed by atoms with Crippen LogP contribution in [0.3, 0.4) is 0 Å². The predicted octanol–water partition coefficient (Wildman–Crippen LogP) is 3.71. The number of aliphatic hydroxyl groups is 1. The third-order valence-electron chi connectivity index (χ3n) is 2.88. The lowest BCUT2D eigenvalue weighted by atomic mass is 10.0. The molecule has 1 heterocycles. The maximum absolute atomic E-state index is 13.7. The third kappa shape index (κ3) is 3.16. The molecule has 0 saturated heterocycles. The van der Waals surface area contributed by atoms with Gasteiger partial charge in [-0.15, -0.1) is 0 Å². The molecule has 0 fully saturated rings. The normalized spacial score (nSPS) is 12.5. The molecule has 19 heavy (non-hydrogen) atoms. The van der Waals surface area contributed by atoms with E-state index in [2.05, 4.69) is 20.9 Å². The molecule has 0 aliphatic rings. The van der Waals surface area contributed by atoms with Gasteiger partial charge < -0.3 is 5.11 Å². The van der Waals surface area contributed by atoms with Gasteiger partial charge in [-0.05, 0) is 30.7 Å². The van der Waals surface area contributed by atoms with Crippen LogP contribution in [-0.2, 0) is 6.42 Å². The van der Waals surface area contributed by atoms with Gasteiger partial charge in [0, 0.05) is 22.8 Å². The Morgan fingerprint density at radius 1 is 1.32 bits per heavy atom. The van der Waals surface area contributed by atoms with Gasteiger partial charge in [0.15, 0.2) is 0 Å². The van der Waals surface area contributed by atoms with Crippen molar-refractivity contribution in [2.45, 2.75) is 19.4 Å². The van der Waals surface area contributed by atoms with Crippen molar-refractivity contribution >= 4 is 15.9 Å². The van der Waals surface area contributed by atoms with E-state index in [0.717, 1.165) is 17.7 Å². The molecule has 100 valence electrons. The van der Waals surface area contributed by atoms with Crippen molar-refractivity contribution in [3.8, 4) is 0 Å². The topological polar surface area (TPSA) is 33.1 Å². The number of aryl methyl sites for hydroxylation is 1. The van der Waals surface area contributed by atoms with Gasteiger partial charge in [-0.25, -0.2) is 8.78 Å². The molecule has 0 amide bonds. The van der Waals surface area contributed by atoms with E-state index in [0.29, 0.717) is 10.2 Å². The smallest absolute Gasteiger partial charge is 0.133 e. The quantitative estimate of drug-likeness (QED) is 0.932. The first-order valence-electron chi connectivity index (χ1n) is 5.72. The SMILES string of the molecule is Cc1cccnc1CC(O)c1c(F)cc(Br)cc1F. The van der Waals surface area contributed by atoms with Crippen LogP contribution >= 0.6 is 15.9 Å². The van der Waals surface area contributed by atoms with E-state index in [1.807, 2.05) is 13.0 Å².